The van der Waals surface area contributed by atoms with Crippen LogP contribution in [0.5, 0.6) is 0 Å². The Morgan fingerprint density at radius 2 is 1.12 bits per heavy atom. The van der Waals surface area contributed by atoms with Gasteiger partial charge in [-0.05, 0) is 0 Å². The molecule has 0 aromatic rings. The first kappa shape index (κ1) is 17.3. The Hall–Kier alpha value is 1.28. The molecular weight excluding hydrogens is 367 g/mol. The summed E-state index contributed by atoms with van der Waals surface area (Å²) < 4.78 is 5.75. The Bertz CT molecular complexity index is 135. The van der Waals surface area contributed by atoms with Crippen LogP contribution in [0.2, 0.25) is 13.3 Å². The second kappa shape index (κ2) is 10.2. The molecule has 0 saturated carbocycles. The third-order valence-electron chi connectivity index (χ3n) is 3.93. The number of unbranched alkanes of at least 4 members (excludes halogenated alkanes) is 3. The van der Waals surface area contributed by atoms with Crippen LogP contribution in [0.15, 0.2) is 0 Å². The first-order chi connectivity index (χ1) is 7.63. The van der Waals surface area contributed by atoms with Gasteiger partial charge in [0, 0.05) is 0 Å². The molecule has 0 fully saturated rings. The minimum absolute atomic E-state index is 0.881. The zero-order chi connectivity index (χ0) is 12.4. The van der Waals surface area contributed by atoms with Crippen LogP contribution in [0.4, 0.5) is 0 Å². The molecule has 0 aromatic heterocycles. The van der Waals surface area contributed by atoms with Crippen molar-refractivity contribution in [1.82, 2.24) is 0 Å². The Balaban J connectivity index is 4.46. The van der Waals surface area contributed by atoms with Gasteiger partial charge in [0.2, 0.25) is 0 Å². The van der Waals surface area contributed by atoms with Crippen molar-refractivity contribution in [3.05, 3.63) is 0 Å². The first-order valence-corrected chi connectivity index (χ1v) is 15.9. The van der Waals surface area contributed by atoms with Gasteiger partial charge in [-0.15, -0.1) is 0 Å². The van der Waals surface area contributed by atoms with E-state index in [2.05, 4.69) is 43.6 Å². The summed E-state index contributed by atoms with van der Waals surface area (Å²) in [6, 6.07) is 0. The van der Waals surface area contributed by atoms with Gasteiger partial charge in [-0.25, -0.2) is 0 Å². The van der Waals surface area contributed by atoms with E-state index in [0.29, 0.717) is 0 Å². The van der Waals surface area contributed by atoms with Crippen LogP contribution in [-0.4, -0.2) is 21.2 Å². The molecule has 1 unspecified atom stereocenters. The van der Waals surface area contributed by atoms with E-state index in [1.54, 1.807) is 13.3 Å². The molecule has 0 radical (unpaired) electrons. The number of rotatable bonds is 10. The van der Waals surface area contributed by atoms with Crippen molar-refractivity contribution in [2.45, 2.75) is 82.4 Å². The summed E-state index contributed by atoms with van der Waals surface area (Å²) in [5, 5.41) is 0. The van der Waals surface area contributed by atoms with E-state index in [-0.39, 0.29) is 0 Å². The number of hydrogen-bond acceptors (Lipinski definition) is 0. The maximum atomic E-state index is 3.98. The first-order valence-electron chi connectivity index (χ1n) is 7.27. The summed E-state index contributed by atoms with van der Waals surface area (Å²) in [6.45, 7) is 9.48. The summed E-state index contributed by atoms with van der Waals surface area (Å²) >= 11 is 2.15. The fraction of sp³-hybridized carbons (Fsp3) is 1.00. The van der Waals surface area contributed by atoms with Crippen molar-refractivity contribution in [1.29, 1.82) is 0 Å². The predicted octanol–water partition coefficient (Wildman–Crippen LogP) is 6.16. The minimum atomic E-state index is -1.83. The van der Waals surface area contributed by atoms with Gasteiger partial charge in [-0.3, -0.25) is 0 Å². The second-order valence-electron chi connectivity index (χ2n) is 5.29. The van der Waals surface area contributed by atoms with Gasteiger partial charge in [0.1, 0.15) is 0 Å². The molecule has 1 atom stereocenters. The summed E-state index contributed by atoms with van der Waals surface area (Å²) in [5.41, 5.74) is 0. The second-order valence-corrected chi connectivity index (χ2v) is 23.6. The molecule has 0 spiro atoms. The van der Waals surface area contributed by atoms with Crippen molar-refractivity contribution < 1.29 is 0 Å². The molecule has 16 heavy (non-hydrogen) atoms. The molecule has 2 heteroatoms. The molecule has 0 bridgehead atoms. The molecule has 0 aromatic carbocycles. The fourth-order valence-corrected chi connectivity index (χ4v) is 21.8. The zero-order valence-corrected chi connectivity index (χ0v) is 16.3. The van der Waals surface area contributed by atoms with Gasteiger partial charge >= 0.3 is 117 Å². The van der Waals surface area contributed by atoms with E-state index in [1.807, 2.05) is 0 Å². The van der Waals surface area contributed by atoms with Crippen LogP contribution in [0.25, 0.3) is 0 Å². The average Bonchev–Trinajstić information content (AvgIpc) is 2.28. The molecule has 0 aliphatic heterocycles. The molecule has 0 N–H and O–H groups in total. The van der Waals surface area contributed by atoms with Gasteiger partial charge < -0.3 is 0 Å². The third kappa shape index (κ3) is 6.28. The molecule has 0 nitrogen and oxygen atoms in total. The van der Waals surface area contributed by atoms with Crippen molar-refractivity contribution in [3.8, 4) is 0 Å². The molecule has 0 aliphatic carbocycles. The van der Waals surface area contributed by atoms with E-state index in [9.17, 15) is 0 Å². The van der Waals surface area contributed by atoms with E-state index < -0.39 is 18.4 Å². The number of alkyl halides is 1. The predicted molar refractivity (Wildman–Crippen MR) is 83.3 cm³/mol. The Morgan fingerprint density at radius 1 is 0.812 bits per heavy atom. The molecule has 98 valence electrons. The third-order valence-corrected chi connectivity index (χ3v) is 26.8. The van der Waals surface area contributed by atoms with Crippen molar-refractivity contribution in [2.75, 3.05) is 0 Å². The SMILES string of the molecule is CCC[CH2][Sn]([CH2]CCC)([CH2]CCC)[CH](C)Br. The van der Waals surface area contributed by atoms with Gasteiger partial charge in [0.25, 0.3) is 0 Å². The summed E-state index contributed by atoms with van der Waals surface area (Å²) in [6.07, 6.45) is 8.61. The van der Waals surface area contributed by atoms with Gasteiger partial charge in [0.05, 0.1) is 0 Å². The van der Waals surface area contributed by atoms with E-state index in [4.69, 9.17) is 0 Å². The zero-order valence-electron chi connectivity index (χ0n) is 11.8. The fourth-order valence-electron chi connectivity index (χ4n) is 2.56. The van der Waals surface area contributed by atoms with Crippen molar-refractivity contribution in [3.63, 3.8) is 0 Å². The monoisotopic (exact) mass is 398 g/mol. The van der Waals surface area contributed by atoms with Gasteiger partial charge in [-0.2, -0.15) is 0 Å². The molecule has 0 amide bonds. The maximum absolute atomic E-state index is 3.98. The van der Waals surface area contributed by atoms with Crippen LogP contribution in [0.1, 0.15) is 66.2 Å². The Kier molecular flexibility index (Phi) is 11.0. The number of hydrogen-bond donors (Lipinski definition) is 0. The van der Waals surface area contributed by atoms with E-state index in [0.717, 1.165) is 2.84 Å². The molecule has 0 heterocycles. The van der Waals surface area contributed by atoms with Gasteiger partial charge in [0.15, 0.2) is 0 Å². The summed E-state index contributed by atoms with van der Waals surface area (Å²) in [4.78, 5) is 0. The normalized spacial score (nSPS) is 14.1. The molecular formula is C14H31BrSn. The van der Waals surface area contributed by atoms with Gasteiger partial charge in [-0.1, -0.05) is 0 Å². The topological polar surface area (TPSA) is 0 Å². The Labute approximate surface area is 116 Å². The summed E-state index contributed by atoms with van der Waals surface area (Å²) in [7, 11) is 0. The van der Waals surface area contributed by atoms with Crippen molar-refractivity contribution >= 4 is 34.3 Å². The quantitative estimate of drug-likeness (QED) is 0.306. The van der Waals surface area contributed by atoms with Crippen LogP contribution in [0, 0.1) is 0 Å². The molecule has 0 saturated heterocycles. The standard InChI is InChI=1S/3C4H9.C2H4Br.Sn/c3*1-3-4-2;1-2-3;/h3*1,3-4H2,2H3;2H,1H3;. The van der Waals surface area contributed by atoms with E-state index in [1.165, 1.54) is 38.5 Å². The van der Waals surface area contributed by atoms with Crippen LogP contribution in [-0.2, 0) is 0 Å². The average molecular weight is 398 g/mol. The van der Waals surface area contributed by atoms with Crippen LogP contribution >= 0.6 is 15.9 Å². The number of halogens is 1. The molecule has 0 aliphatic rings. The summed E-state index contributed by atoms with van der Waals surface area (Å²) in [5.74, 6) is 0. The Morgan fingerprint density at radius 3 is 1.31 bits per heavy atom. The molecule has 0 rings (SSSR count). The van der Waals surface area contributed by atoms with E-state index >= 15 is 0 Å². The van der Waals surface area contributed by atoms with Crippen molar-refractivity contribution in [2.24, 2.45) is 0 Å². The van der Waals surface area contributed by atoms with Crippen LogP contribution < -0.4 is 0 Å². The van der Waals surface area contributed by atoms with Crippen LogP contribution in [0.3, 0.4) is 0 Å².